The summed E-state index contributed by atoms with van der Waals surface area (Å²) in [6.07, 6.45) is -2.71. The fourth-order valence-electron chi connectivity index (χ4n) is 1.36. The number of nitrogens with zero attached hydrogens (tertiary/aromatic N) is 1. The zero-order valence-corrected chi connectivity index (χ0v) is 11.8. The molecule has 2 rings (SSSR count). The fraction of sp³-hybridized carbons (Fsp3) is 0.100. The van der Waals surface area contributed by atoms with Crippen LogP contribution in [-0.2, 0) is 0 Å². The molecular formula is C10H3BrCl3F2N. The van der Waals surface area contributed by atoms with Gasteiger partial charge in [0.05, 0.1) is 20.6 Å². The van der Waals surface area contributed by atoms with Gasteiger partial charge in [-0.15, -0.1) is 0 Å². The van der Waals surface area contributed by atoms with E-state index in [9.17, 15) is 8.78 Å². The van der Waals surface area contributed by atoms with Gasteiger partial charge in [-0.2, -0.15) is 0 Å². The minimum Gasteiger partial charge on any atom is -0.245 e. The van der Waals surface area contributed by atoms with Gasteiger partial charge in [-0.3, -0.25) is 0 Å². The molecule has 0 N–H and O–H groups in total. The van der Waals surface area contributed by atoms with E-state index in [-0.39, 0.29) is 20.6 Å². The standard InChI is InChI=1S/C10H3BrCl3F2N/c11-4-1-3-5(12)2-6(10(15)16)17-9(3)8(14)7(4)13/h1-2,10H. The van der Waals surface area contributed by atoms with Crippen molar-refractivity contribution in [1.82, 2.24) is 4.98 Å². The molecule has 1 heterocycles. The van der Waals surface area contributed by atoms with E-state index >= 15 is 0 Å². The number of fused-ring (bicyclic) bond motifs is 1. The lowest BCUT2D eigenvalue weighted by Crippen LogP contribution is -1.93. The molecule has 17 heavy (non-hydrogen) atoms. The molecule has 0 amide bonds. The number of benzene rings is 1. The third-order valence-electron chi connectivity index (χ3n) is 2.13. The highest BCUT2D eigenvalue weighted by atomic mass is 79.9. The van der Waals surface area contributed by atoms with Gasteiger partial charge in [-0.1, -0.05) is 34.8 Å². The van der Waals surface area contributed by atoms with Gasteiger partial charge in [0.1, 0.15) is 5.69 Å². The molecule has 0 atom stereocenters. The number of pyridine rings is 1. The van der Waals surface area contributed by atoms with E-state index in [1.807, 2.05) is 0 Å². The van der Waals surface area contributed by atoms with Gasteiger partial charge in [0.2, 0.25) is 0 Å². The van der Waals surface area contributed by atoms with Gasteiger partial charge < -0.3 is 0 Å². The van der Waals surface area contributed by atoms with Crippen molar-refractivity contribution < 1.29 is 8.78 Å². The van der Waals surface area contributed by atoms with E-state index in [2.05, 4.69) is 20.9 Å². The van der Waals surface area contributed by atoms with Crippen LogP contribution in [-0.4, -0.2) is 4.98 Å². The number of alkyl halides is 2. The summed E-state index contributed by atoms with van der Waals surface area (Å²) in [4.78, 5) is 3.77. The van der Waals surface area contributed by atoms with Crippen molar-refractivity contribution in [3.05, 3.63) is 37.4 Å². The quantitative estimate of drug-likeness (QED) is 0.577. The fourth-order valence-corrected chi connectivity index (χ4v) is 2.54. The summed E-state index contributed by atoms with van der Waals surface area (Å²) >= 11 is 20.9. The second-order valence-electron chi connectivity index (χ2n) is 3.21. The minimum absolute atomic E-state index is 0.0976. The zero-order valence-electron chi connectivity index (χ0n) is 7.95. The molecule has 0 aliphatic carbocycles. The molecule has 0 spiro atoms. The maximum atomic E-state index is 12.6. The monoisotopic (exact) mass is 359 g/mol. The van der Waals surface area contributed by atoms with Gasteiger partial charge in [-0.25, -0.2) is 13.8 Å². The van der Waals surface area contributed by atoms with E-state index < -0.39 is 12.1 Å². The molecule has 90 valence electrons. The predicted octanol–water partition coefficient (Wildman–Crippen LogP) is 5.90. The van der Waals surface area contributed by atoms with E-state index in [1.165, 1.54) is 0 Å². The van der Waals surface area contributed by atoms with Gasteiger partial charge in [0.15, 0.2) is 0 Å². The average molecular weight is 361 g/mol. The van der Waals surface area contributed by atoms with Gasteiger partial charge in [-0.05, 0) is 28.1 Å². The third-order valence-corrected chi connectivity index (χ3v) is 4.16. The van der Waals surface area contributed by atoms with Gasteiger partial charge in [0, 0.05) is 9.86 Å². The SMILES string of the molecule is FC(F)c1cc(Cl)c2cc(Br)c(Cl)c(Cl)c2n1. The number of halogens is 6. The summed E-state index contributed by atoms with van der Waals surface area (Å²) in [6.45, 7) is 0. The normalized spacial score (nSPS) is 11.5. The first-order chi connectivity index (χ1) is 7.91. The maximum Gasteiger partial charge on any atom is 0.280 e. The van der Waals surface area contributed by atoms with Crippen LogP contribution in [0.4, 0.5) is 8.78 Å². The number of hydrogen-bond acceptors (Lipinski definition) is 1. The first-order valence-electron chi connectivity index (χ1n) is 4.33. The van der Waals surface area contributed by atoms with Gasteiger partial charge in [0.25, 0.3) is 6.43 Å². The summed E-state index contributed by atoms with van der Waals surface area (Å²) in [5.41, 5.74) is -0.259. The van der Waals surface area contributed by atoms with Crippen molar-refractivity contribution >= 4 is 61.6 Å². The first kappa shape index (κ1) is 13.3. The summed E-state index contributed by atoms with van der Waals surface area (Å²) in [5, 5.41) is 0.941. The summed E-state index contributed by atoms with van der Waals surface area (Å²) < 4.78 is 25.7. The Morgan fingerprint density at radius 2 is 1.76 bits per heavy atom. The Kier molecular flexibility index (Phi) is 3.78. The van der Waals surface area contributed by atoms with E-state index in [0.717, 1.165) is 6.07 Å². The van der Waals surface area contributed by atoms with Crippen LogP contribution in [0.5, 0.6) is 0 Å². The topological polar surface area (TPSA) is 12.9 Å². The van der Waals surface area contributed by atoms with E-state index in [1.54, 1.807) is 6.07 Å². The number of hydrogen-bond donors (Lipinski definition) is 0. The van der Waals surface area contributed by atoms with Gasteiger partial charge >= 0.3 is 0 Å². The van der Waals surface area contributed by atoms with Crippen LogP contribution in [0.1, 0.15) is 12.1 Å². The van der Waals surface area contributed by atoms with Crippen molar-refractivity contribution in [2.24, 2.45) is 0 Å². The molecule has 0 radical (unpaired) electrons. The molecule has 0 bridgehead atoms. The molecule has 0 saturated heterocycles. The van der Waals surface area contributed by atoms with Crippen molar-refractivity contribution in [3.63, 3.8) is 0 Å². The molecule has 1 aromatic carbocycles. The number of aromatic nitrogens is 1. The van der Waals surface area contributed by atoms with Crippen LogP contribution < -0.4 is 0 Å². The third kappa shape index (κ3) is 2.36. The lowest BCUT2D eigenvalue weighted by Gasteiger charge is -2.08. The van der Waals surface area contributed by atoms with Crippen molar-refractivity contribution in [1.29, 1.82) is 0 Å². The Hall–Kier alpha value is -0.160. The maximum absolute atomic E-state index is 12.6. The van der Waals surface area contributed by atoms with Crippen molar-refractivity contribution in [2.45, 2.75) is 6.43 Å². The first-order valence-corrected chi connectivity index (χ1v) is 6.26. The Bertz CT molecular complexity index is 604. The Morgan fingerprint density at radius 1 is 1.12 bits per heavy atom. The van der Waals surface area contributed by atoms with E-state index in [0.29, 0.717) is 9.86 Å². The lowest BCUT2D eigenvalue weighted by molar-refractivity contribution is 0.146. The van der Waals surface area contributed by atoms with Crippen molar-refractivity contribution in [3.8, 4) is 0 Å². The summed E-state index contributed by atoms with van der Waals surface area (Å²) in [5.74, 6) is 0. The molecule has 0 fully saturated rings. The second kappa shape index (κ2) is 4.84. The molecular weight excluding hydrogens is 358 g/mol. The van der Waals surface area contributed by atoms with Crippen LogP contribution in [0.15, 0.2) is 16.6 Å². The minimum atomic E-state index is -2.71. The molecule has 1 nitrogen and oxygen atoms in total. The molecule has 7 heteroatoms. The van der Waals surface area contributed by atoms with Crippen LogP contribution in [0.3, 0.4) is 0 Å². The highest BCUT2D eigenvalue weighted by Crippen LogP contribution is 2.39. The zero-order chi connectivity index (χ0) is 12.7. The molecule has 0 aliphatic rings. The molecule has 0 unspecified atom stereocenters. The van der Waals surface area contributed by atoms with Crippen LogP contribution in [0, 0.1) is 0 Å². The highest BCUT2D eigenvalue weighted by Gasteiger charge is 2.17. The van der Waals surface area contributed by atoms with Crippen LogP contribution in [0.25, 0.3) is 10.9 Å². The molecule has 0 saturated carbocycles. The smallest absolute Gasteiger partial charge is 0.245 e. The largest absolute Gasteiger partial charge is 0.280 e. The van der Waals surface area contributed by atoms with Crippen molar-refractivity contribution in [2.75, 3.05) is 0 Å². The van der Waals surface area contributed by atoms with Crippen LogP contribution >= 0.6 is 50.7 Å². The Morgan fingerprint density at radius 3 is 2.35 bits per heavy atom. The Balaban J connectivity index is 2.88. The highest BCUT2D eigenvalue weighted by molar-refractivity contribution is 9.10. The Labute approximate surface area is 119 Å². The summed E-state index contributed by atoms with van der Waals surface area (Å²) in [7, 11) is 0. The number of rotatable bonds is 1. The van der Waals surface area contributed by atoms with Crippen LogP contribution in [0.2, 0.25) is 15.1 Å². The van der Waals surface area contributed by atoms with E-state index in [4.69, 9.17) is 34.8 Å². The average Bonchev–Trinajstić information content (AvgIpc) is 2.27. The lowest BCUT2D eigenvalue weighted by atomic mass is 10.2. The second-order valence-corrected chi connectivity index (χ2v) is 5.23. The predicted molar refractivity (Wildman–Crippen MR) is 69.4 cm³/mol. The molecule has 2 aromatic rings. The summed E-state index contributed by atoms with van der Waals surface area (Å²) in [6, 6.07) is 2.71. The molecule has 0 aliphatic heterocycles. The molecule has 1 aromatic heterocycles.